The number of hydrogen-bond acceptors (Lipinski definition) is 3. The molecule has 3 rings (SSSR count). The highest BCUT2D eigenvalue weighted by molar-refractivity contribution is 6.31. The summed E-state index contributed by atoms with van der Waals surface area (Å²) in [5.41, 5.74) is 1.28. The molecule has 0 bridgehead atoms. The van der Waals surface area contributed by atoms with E-state index in [4.69, 9.17) is 16.3 Å². The largest absolute Gasteiger partial charge is 0.455 e. The number of halogens is 1. The van der Waals surface area contributed by atoms with E-state index in [1.54, 1.807) is 42.1 Å². The third-order valence-electron chi connectivity index (χ3n) is 3.80. The number of Topliss-reactive ketones (excluding diaryl/α,β-unsaturated/α-hetero) is 1. The fourth-order valence-corrected chi connectivity index (χ4v) is 2.65. The van der Waals surface area contributed by atoms with Crippen molar-refractivity contribution in [1.29, 1.82) is 0 Å². The predicted molar refractivity (Wildman–Crippen MR) is 101 cm³/mol. The summed E-state index contributed by atoms with van der Waals surface area (Å²) in [5, 5.41) is 3.27. The molecule has 0 radical (unpaired) electrons. The van der Waals surface area contributed by atoms with E-state index in [-0.39, 0.29) is 11.7 Å². The summed E-state index contributed by atoms with van der Waals surface area (Å²) in [5.74, 6) is 0.647. The fraction of sp³-hybridized carbons (Fsp3) is 0.100. The molecule has 6 heteroatoms. The minimum atomic E-state index is -0.361. The van der Waals surface area contributed by atoms with Crippen LogP contribution in [0, 0.1) is 0 Å². The summed E-state index contributed by atoms with van der Waals surface area (Å²) in [4.78, 5) is 24.2. The van der Waals surface area contributed by atoms with Gasteiger partial charge in [-0.2, -0.15) is 0 Å². The number of ketones is 1. The van der Waals surface area contributed by atoms with E-state index in [0.717, 1.165) is 0 Å². The normalized spacial score (nSPS) is 10.4. The number of rotatable bonds is 5. The molecule has 0 saturated carbocycles. The van der Waals surface area contributed by atoms with E-state index >= 15 is 0 Å². The topological polar surface area (TPSA) is 60.3 Å². The molecular weight excluding hydrogens is 352 g/mol. The molecule has 0 spiro atoms. The van der Waals surface area contributed by atoms with Gasteiger partial charge in [0.2, 0.25) is 0 Å². The number of benzene rings is 2. The lowest BCUT2D eigenvalue weighted by Crippen LogP contribution is -2.15. The Morgan fingerprint density at radius 2 is 1.81 bits per heavy atom. The number of amides is 1. The molecule has 1 heterocycles. The van der Waals surface area contributed by atoms with Crippen LogP contribution in [0.3, 0.4) is 0 Å². The van der Waals surface area contributed by atoms with Gasteiger partial charge in [-0.15, -0.1) is 0 Å². The van der Waals surface area contributed by atoms with Gasteiger partial charge in [0.1, 0.15) is 11.4 Å². The first-order chi connectivity index (χ1) is 12.4. The van der Waals surface area contributed by atoms with Crippen molar-refractivity contribution >= 4 is 29.0 Å². The number of ether oxygens (including phenoxy) is 1. The van der Waals surface area contributed by atoms with Crippen molar-refractivity contribution < 1.29 is 14.3 Å². The Morgan fingerprint density at radius 3 is 2.46 bits per heavy atom. The number of aromatic nitrogens is 1. The summed E-state index contributed by atoms with van der Waals surface area (Å²) >= 11 is 6.07. The van der Waals surface area contributed by atoms with Gasteiger partial charge in [0, 0.05) is 23.8 Å². The molecule has 1 N–H and O–H groups in total. The number of carbonyl (C=O) groups excluding carboxylic acids is 2. The van der Waals surface area contributed by atoms with Crippen LogP contribution in [-0.2, 0) is 7.05 Å². The second kappa shape index (κ2) is 7.45. The first-order valence-corrected chi connectivity index (χ1v) is 8.33. The van der Waals surface area contributed by atoms with Gasteiger partial charge in [-0.1, -0.05) is 29.8 Å². The van der Waals surface area contributed by atoms with Crippen molar-refractivity contribution in [2.24, 2.45) is 7.05 Å². The Morgan fingerprint density at radius 1 is 1.08 bits per heavy atom. The van der Waals surface area contributed by atoms with Crippen molar-refractivity contribution in [3.05, 3.63) is 77.1 Å². The van der Waals surface area contributed by atoms with Crippen molar-refractivity contribution in [2.45, 2.75) is 6.92 Å². The maximum absolute atomic E-state index is 12.6. The van der Waals surface area contributed by atoms with Crippen molar-refractivity contribution in [1.82, 2.24) is 4.57 Å². The van der Waals surface area contributed by atoms with Crippen LogP contribution in [0.5, 0.6) is 11.5 Å². The number of anilines is 1. The quantitative estimate of drug-likeness (QED) is 0.650. The van der Waals surface area contributed by atoms with Crippen LogP contribution in [0.4, 0.5) is 5.69 Å². The average molecular weight is 369 g/mol. The summed E-state index contributed by atoms with van der Waals surface area (Å²) in [6, 6.07) is 15.8. The molecule has 26 heavy (non-hydrogen) atoms. The molecule has 0 saturated heterocycles. The minimum Gasteiger partial charge on any atom is -0.455 e. The van der Waals surface area contributed by atoms with Crippen molar-refractivity contribution in [3.63, 3.8) is 0 Å². The van der Waals surface area contributed by atoms with Crippen LogP contribution in [0.25, 0.3) is 0 Å². The van der Waals surface area contributed by atoms with E-state index < -0.39 is 0 Å². The van der Waals surface area contributed by atoms with Gasteiger partial charge in [0.05, 0.1) is 5.69 Å². The summed E-state index contributed by atoms with van der Waals surface area (Å²) in [6.45, 7) is 1.46. The van der Waals surface area contributed by atoms with Crippen LogP contribution in [-0.4, -0.2) is 16.3 Å². The van der Waals surface area contributed by atoms with Gasteiger partial charge >= 0.3 is 0 Å². The Hall–Kier alpha value is -3.05. The highest BCUT2D eigenvalue weighted by atomic mass is 35.5. The Bertz CT molecular complexity index is 964. The average Bonchev–Trinajstić information content (AvgIpc) is 3.00. The number of nitrogens with one attached hydrogen (secondary N) is 1. The van der Waals surface area contributed by atoms with Gasteiger partial charge in [0.15, 0.2) is 11.5 Å². The van der Waals surface area contributed by atoms with Crippen LogP contribution >= 0.6 is 11.6 Å². The van der Waals surface area contributed by atoms with Crippen LogP contribution in [0.1, 0.15) is 27.8 Å². The molecule has 0 fully saturated rings. The first kappa shape index (κ1) is 17.8. The van der Waals surface area contributed by atoms with Gasteiger partial charge in [0.25, 0.3) is 5.91 Å². The lowest BCUT2D eigenvalue weighted by atomic mass is 10.2. The molecular formula is C20H17ClN2O3. The molecule has 5 nitrogen and oxygen atoms in total. The van der Waals surface area contributed by atoms with Crippen molar-refractivity contribution in [3.8, 4) is 11.5 Å². The van der Waals surface area contributed by atoms with Gasteiger partial charge in [-0.25, -0.2) is 0 Å². The summed E-state index contributed by atoms with van der Waals surface area (Å²) < 4.78 is 7.45. The zero-order valence-electron chi connectivity index (χ0n) is 14.3. The maximum Gasteiger partial charge on any atom is 0.272 e. The first-order valence-electron chi connectivity index (χ1n) is 7.95. The maximum atomic E-state index is 12.6. The lowest BCUT2D eigenvalue weighted by Gasteiger charge is -2.13. The number of carbonyl (C=O) groups is 2. The molecule has 132 valence electrons. The third kappa shape index (κ3) is 3.95. The minimum absolute atomic E-state index is 0.101. The lowest BCUT2D eigenvalue weighted by molar-refractivity contribution is 0.101. The highest BCUT2D eigenvalue weighted by Gasteiger charge is 2.16. The van der Waals surface area contributed by atoms with E-state index in [0.29, 0.717) is 33.5 Å². The molecule has 0 unspecified atom stereocenters. The molecule has 0 atom stereocenters. The van der Waals surface area contributed by atoms with E-state index in [9.17, 15) is 9.59 Å². The smallest absolute Gasteiger partial charge is 0.272 e. The van der Waals surface area contributed by atoms with Gasteiger partial charge in [-0.3, -0.25) is 9.59 Å². The van der Waals surface area contributed by atoms with Crippen molar-refractivity contribution in [2.75, 3.05) is 5.32 Å². The molecule has 1 aromatic heterocycles. The molecule has 2 aromatic carbocycles. The zero-order valence-corrected chi connectivity index (χ0v) is 15.1. The highest BCUT2D eigenvalue weighted by Crippen LogP contribution is 2.32. The SMILES string of the molecule is CC(=O)c1cc(C(=O)Nc2cc(Cl)ccc2Oc2ccccc2)n(C)c1. The molecule has 3 aromatic rings. The molecule has 0 aliphatic heterocycles. The molecule has 0 aliphatic carbocycles. The number of aryl methyl sites for hydroxylation is 1. The second-order valence-corrected chi connectivity index (χ2v) is 6.23. The predicted octanol–water partition coefficient (Wildman–Crippen LogP) is 4.93. The zero-order chi connectivity index (χ0) is 18.7. The molecule has 0 aliphatic rings. The Balaban J connectivity index is 1.88. The fourth-order valence-electron chi connectivity index (χ4n) is 2.47. The second-order valence-electron chi connectivity index (χ2n) is 5.79. The monoisotopic (exact) mass is 368 g/mol. The van der Waals surface area contributed by atoms with Crippen LogP contribution in [0.15, 0.2) is 60.8 Å². The number of para-hydroxylation sites is 1. The summed E-state index contributed by atoms with van der Waals surface area (Å²) in [6.07, 6.45) is 1.62. The standard InChI is InChI=1S/C20H17ClN2O3/c1-13(24)14-10-18(23(2)12-14)20(25)22-17-11-15(21)8-9-19(17)26-16-6-4-3-5-7-16/h3-12H,1-2H3,(H,22,25). The van der Waals surface area contributed by atoms with E-state index in [1.807, 2.05) is 30.3 Å². The van der Waals surface area contributed by atoms with Gasteiger partial charge < -0.3 is 14.6 Å². The Labute approximate surface area is 156 Å². The van der Waals surface area contributed by atoms with Crippen LogP contribution < -0.4 is 10.1 Å². The number of hydrogen-bond donors (Lipinski definition) is 1. The van der Waals surface area contributed by atoms with Gasteiger partial charge in [-0.05, 0) is 43.3 Å². The Kier molecular flexibility index (Phi) is 5.09. The summed E-state index contributed by atoms with van der Waals surface area (Å²) in [7, 11) is 1.71. The van der Waals surface area contributed by atoms with Crippen LogP contribution in [0.2, 0.25) is 5.02 Å². The number of nitrogens with zero attached hydrogens (tertiary/aromatic N) is 1. The van der Waals surface area contributed by atoms with E-state index in [2.05, 4.69) is 5.32 Å². The molecule has 1 amide bonds. The third-order valence-corrected chi connectivity index (χ3v) is 4.04. The van der Waals surface area contributed by atoms with E-state index in [1.165, 1.54) is 6.92 Å².